The highest BCUT2D eigenvalue weighted by Crippen LogP contribution is 2.50. The Kier molecular flexibility index (Phi) is 21.5. The van der Waals surface area contributed by atoms with Crippen LogP contribution in [0.15, 0.2) is 35.3 Å². The Bertz CT molecular complexity index is 2110. The zero-order valence-electron chi connectivity index (χ0n) is 42.6. The smallest absolute Gasteiger partial charge is 0.167 e. The quantitative estimate of drug-likeness (QED) is 0.0426. The fourth-order valence-corrected chi connectivity index (χ4v) is 9.01. The van der Waals surface area contributed by atoms with Gasteiger partial charge in [-0.3, -0.25) is 19.8 Å². The summed E-state index contributed by atoms with van der Waals surface area (Å²) in [6, 6.07) is 4.27. The Hall–Kier alpha value is -4.48. The van der Waals surface area contributed by atoms with E-state index in [1.807, 2.05) is 27.7 Å². The minimum atomic E-state index is -0.155. The van der Waals surface area contributed by atoms with Crippen LogP contribution in [-0.4, -0.2) is 121 Å². The number of hydrogen-bond acceptors (Lipinski definition) is 10. The Morgan fingerprint density at radius 2 is 0.924 bits per heavy atom. The van der Waals surface area contributed by atoms with Crippen LogP contribution in [0.25, 0.3) is 32.7 Å². The molecular formula is C56H84N4O6. The van der Waals surface area contributed by atoms with E-state index in [1.165, 1.54) is 25.7 Å². The van der Waals surface area contributed by atoms with Gasteiger partial charge in [0.25, 0.3) is 0 Å². The molecule has 1 aliphatic carbocycles. The fourth-order valence-electron chi connectivity index (χ4n) is 9.01. The van der Waals surface area contributed by atoms with Gasteiger partial charge in [0.05, 0.1) is 26.4 Å². The predicted molar refractivity (Wildman–Crippen MR) is 280 cm³/mol. The highest BCUT2D eigenvalue weighted by molar-refractivity contribution is 6.12. The van der Waals surface area contributed by atoms with Crippen molar-refractivity contribution in [2.45, 2.75) is 127 Å². The van der Waals surface area contributed by atoms with Gasteiger partial charge in [-0.1, -0.05) is 86.3 Å². The van der Waals surface area contributed by atoms with E-state index < -0.39 is 0 Å². The lowest BCUT2D eigenvalue weighted by Gasteiger charge is -2.26. The van der Waals surface area contributed by atoms with Crippen LogP contribution >= 0.6 is 0 Å². The van der Waals surface area contributed by atoms with Crippen molar-refractivity contribution >= 4 is 34.0 Å². The summed E-state index contributed by atoms with van der Waals surface area (Å²) in [5, 5.41) is 49.6. The molecule has 4 N–H and O–H groups in total. The molecule has 0 atom stereocenters. The number of ether oxygens (including phenoxy) is 2. The van der Waals surface area contributed by atoms with Gasteiger partial charge >= 0.3 is 0 Å². The van der Waals surface area contributed by atoms with Crippen molar-refractivity contribution < 1.29 is 29.9 Å². The first-order valence-electron chi connectivity index (χ1n) is 24.7. The maximum Gasteiger partial charge on any atom is 0.167 e. The van der Waals surface area contributed by atoms with Crippen LogP contribution in [0.5, 0.6) is 23.0 Å². The number of morpholine rings is 2. The number of fused-ring (bicyclic) bond motifs is 2. The van der Waals surface area contributed by atoms with E-state index in [2.05, 4.69) is 83.6 Å². The number of aryl methyl sites for hydroxylation is 4. The molecular weight excluding hydrogens is 825 g/mol. The second-order valence-electron chi connectivity index (χ2n) is 19.1. The molecule has 2 saturated heterocycles. The molecule has 66 heavy (non-hydrogen) atoms. The van der Waals surface area contributed by atoms with Gasteiger partial charge in [0.15, 0.2) is 23.0 Å². The first-order valence-corrected chi connectivity index (χ1v) is 24.7. The number of benzene rings is 4. The van der Waals surface area contributed by atoms with Crippen LogP contribution < -0.4 is 0 Å². The largest absolute Gasteiger partial charge is 0.504 e. The molecule has 0 unspecified atom stereocenters. The molecule has 0 spiro atoms. The molecule has 4 aromatic carbocycles. The van der Waals surface area contributed by atoms with Crippen LogP contribution in [0.3, 0.4) is 0 Å². The lowest BCUT2D eigenvalue weighted by molar-refractivity contribution is 0.0377. The van der Waals surface area contributed by atoms with Crippen molar-refractivity contribution in [3.63, 3.8) is 0 Å². The van der Waals surface area contributed by atoms with Crippen LogP contribution in [0, 0.1) is 33.6 Å². The van der Waals surface area contributed by atoms with Crippen molar-refractivity contribution in [3.05, 3.63) is 69.8 Å². The minimum Gasteiger partial charge on any atom is -0.504 e. The summed E-state index contributed by atoms with van der Waals surface area (Å²) in [4.78, 5) is 14.4. The molecule has 0 bridgehead atoms. The van der Waals surface area contributed by atoms with Gasteiger partial charge in [-0.2, -0.15) is 0 Å². The molecule has 0 aromatic heterocycles. The third-order valence-electron chi connectivity index (χ3n) is 12.9. The van der Waals surface area contributed by atoms with Crippen molar-refractivity contribution in [2.75, 3.05) is 78.8 Å². The van der Waals surface area contributed by atoms with Gasteiger partial charge in [-0.25, -0.2) is 0 Å². The Balaban J connectivity index is 0.000000860. The van der Waals surface area contributed by atoms with Crippen LogP contribution in [-0.2, 0) is 9.47 Å². The second-order valence-corrected chi connectivity index (χ2v) is 19.1. The topological polar surface area (TPSA) is 131 Å². The summed E-state index contributed by atoms with van der Waals surface area (Å²) in [6.07, 6.45) is 11.0. The van der Waals surface area contributed by atoms with Crippen molar-refractivity contribution in [2.24, 2.45) is 15.9 Å². The van der Waals surface area contributed by atoms with Crippen molar-refractivity contribution in [3.8, 4) is 34.1 Å². The van der Waals surface area contributed by atoms with Gasteiger partial charge in [-0.15, -0.1) is 13.2 Å². The van der Waals surface area contributed by atoms with Gasteiger partial charge in [-0.05, 0) is 113 Å². The zero-order chi connectivity index (χ0) is 48.7. The summed E-state index contributed by atoms with van der Waals surface area (Å²) in [5.74, 6) is 0.286. The fraction of sp³-hybridized carbons (Fsp3) is 0.571. The third kappa shape index (κ3) is 13.6. The first-order chi connectivity index (χ1) is 31.6. The molecule has 3 aliphatic rings. The SMILES string of the molecule is C1CC1.C=C.CCC(C)C.Cc1cc2c(C(C)C)c(O)c(O)c(C=NCCCN3CCOCC3)c2c(C)c1-c1c(C)cc2c(C(C)C)c(O)c(O)c(C=NCCCN3CCOCC3)c2c1C. The van der Waals surface area contributed by atoms with E-state index in [0.29, 0.717) is 35.3 Å². The lowest BCUT2D eigenvalue weighted by atomic mass is 9.80. The number of aromatic hydroxyl groups is 4. The van der Waals surface area contributed by atoms with Crippen LogP contribution in [0.1, 0.15) is 143 Å². The van der Waals surface area contributed by atoms with Crippen LogP contribution in [0.2, 0.25) is 0 Å². The van der Waals surface area contributed by atoms with Gasteiger partial charge < -0.3 is 29.9 Å². The third-order valence-corrected chi connectivity index (χ3v) is 12.9. The van der Waals surface area contributed by atoms with Gasteiger partial charge in [0, 0.05) is 87.0 Å². The highest BCUT2D eigenvalue weighted by Gasteiger charge is 2.28. The number of hydrogen-bond donors (Lipinski definition) is 4. The van der Waals surface area contributed by atoms with Gasteiger partial charge in [0.2, 0.25) is 0 Å². The highest BCUT2D eigenvalue weighted by atomic mass is 16.5. The normalized spacial score (nSPS) is 15.7. The van der Waals surface area contributed by atoms with E-state index in [1.54, 1.807) is 12.4 Å². The number of phenolic OH excluding ortho intramolecular Hbond substituents is 4. The predicted octanol–water partition coefficient (Wildman–Crippen LogP) is 12.3. The molecule has 0 amide bonds. The average molecular weight is 909 g/mol. The maximum absolute atomic E-state index is 11.6. The van der Waals surface area contributed by atoms with Gasteiger partial charge in [0.1, 0.15) is 0 Å². The summed E-state index contributed by atoms with van der Waals surface area (Å²) in [7, 11) is 0. The molecule has 10 heteroatoms. The Morgan fingerprint density at radius 3 is 1.21 bits per heavy atom. The summed E-state index contributed by atoms with van der Waals surface area (Å²) < 4.78 is 11.0. The first kappa shape index (κ1) is 54.1. The monoisotopic (exact) mass is 909 g/mol. The maximum atomic E-state index is 11.6. The number of rotatable bonds is 14. The van der Waals surface area contributed by atoms with E-state index in [-0.39, 0.29) is 34.8 Å². The molecule has 1 saturated carbocycles. The molecule has 10 nitrogen and oxygen atoms in total. The van der Waals surface area contributed by atoms with E-state index in [4.69, 9.17) is 19.5 Å². The summed E-state index contributed by atoms with van der Waals surface area (Å²) in [6.45, 7) is 39.0. The summed E-state index contributed by atoms with van der Waals surface area (Å²) >= 11 is 0. The standard InChI is InChI=1S/C46H62N4O6.C5H12.C3H6.C2H4/c1-27(2)37-33-23-29(5)39(31(7)41(33)35(43(51)45(37)53)25-47-11-9-13-49-15-19-55-20-16-49)40-30(6)24-34-38(28(3)4)46(54)44(52)36(42(34)32(40)8)26-48-12-10-14-50-17-21-56-22-18-50;1-4-5(2)3;1-2-3-1;1-2/h23-28,51-54H,9-22H2,1-8H3;5H,4H2,1-3H3;1-3H2;1-2H2. The van der Waals surface area contributed by atoms with Crippen LogP contribution in [0.4, 0.5) is 0 Å². The lowest BCUT2D eigenvalue weighted by Crippen LogP contribution is -2.37. The number of nitrogens with zero attached hydrogens (tertiary/aromatic N) is 4. The minimum absolute atomic E-state index is 0.0440. The number of aliphatic imine (C=N–C) groups is 2. The molecule has 2 heterocycles. The Labute approximate surface area is 397 Å². The van der Waals surface area contributed by atoms with E-state index >= 15 is 0 Å². The molecule has 3 fully saturated rings. The molecule has 4 aromatic rings. The van der Waals surface area contributed by atoms with Crippen molar-refractivity contribution in [1.82, 2.24) is 9.80 Å². The zero-order valence-corrected chi connectivity index (χ0v) is 42.6. The van der Waals surface area contributed by atoms with E-state index in [9.17, 15) is 20.4 Å². The Morgan fingerprint density at radius 1 is 0.591 bits per heavy atom. The van der Waals surface area contributed by atoms with E-state index in [0.717, 1.165) is 139 Å². The molecule has 7 rings (SSSR count). The summed E-state index contributed by atoms with van der Waals surface area (Å²) in [5.41, 5.74) is 8.52. The molecule has 2 aliphatic heterocycles. The molecule has 0 radical (unpaired) electrons. The van der Waals surface area contributed by atoms with Crippen molar-refractivity contribution in [1.29, 1.82) is 0 Å². The average Bonchev–Trinajstić information content (AvgIpc) is 4.19. The second kappa shape index (κ2) is 26.2. The molecule has 364 valence electrons. The number of phenols is 4.